The number of thiazole rings is 2. The molecule has 0 amide bonds. The highest BCUT2D eigenvalue weighted by Gasteiger charge is 2.10. The van der Waals surface area contributed by atoms with Crippen LogP contribution in [0.3, 0.4) is 0 Å². The molecule has 0 fully saturated rings. The fourth-order valence-corrected chi connectivity index (χ4v) is 5.28. The molecule has 0 aliphatic heterocycles. The molecular formula is C20H13N3OS3. The molecule has 0 saturated heterocycles. The van der Waals surface area contributed by atoms with Crippen molar-refractivity contribution in [2.45, 2.75) is 10.1 Å². The Balaban J connectivity index is 1.48. The number of thioether (sulfide) groups is 1. The zero-order valence-corrected chi connectivity index (χ0v) is 16.4. The molecule has 0 bridgehead atoms. The lowest BCUT2D eigenvalue weighted by atomic mass is 10.1. The number of nitriles is 1. The van der Waals surface area contributed by atoms with E-state index in [9.17, 15) is 10.4 Å². The van der Waals surface area contributed by atoms with Crippen LogP contribution in [0.15, 0.2) is 58.3 Å². The minimum Gasteiger partial charge on any atom is -0.508 e. The third-order valence-corrected chi connectivity index (χ3v) is 6.86. The maximum Gasteiger partial charge on any atom is 0.151 e. The number of nitrogens with zero attached hydrogens (tertiary/aromatic N) is 3. The van der Waals surface area contributed by atoms with Gasteiger partial charge in [-0.15, -0.1) is 22.7 Å². The van der Waals surface area contributed by atoms with Gasteiger partial charge in [-0.25, -0.2) is 9.97 Å². The molecule has 0 aliphatic carbocycles. The quantitative estimate of drug-likeness (QED) is 0.334. The van der Waals surface area contributed by atoms with Gasteiger partial charge in [0.05, 0.1) is 21.5 Å². The largest absolute Gasteiger partial charge is 0.508 e. The monoisotopic (exact) mass is 407 g/mol. The molecule has 4 aromatic rings. The third kappa shape index (κ3) is 4.19. The molecule has 4 rings (SSSR count). The number of benzene rings is 2. The summed E-state index contributed by atoms with van der Waals surface area (Å²) in [5.74, 6) is 0.919. The number of phenols is 1. The molecule has 0 saturated carbocycles. The predicted octanol–water partition coefficient (Wildman–Crippen LogP) is 5.81. The summed E-state index contributed by atoms with van der Waals surface area (Å²) in [5, 5.41) is 21.5. The first-order valence-electron chi connectivity index (χ1n) is 8.05. The fraction of sp³-hybridized carbons (Fsp3) is 0.0500. The summed E-state index contributed by atoms with van der Waals surface area (Å²) in [7, 11) is 0. The van der Waals surface area contributed by atoms with Crippen LogP contribution in [0.2, 0.25) is 0 Å². The Morgan fingerprint density at radius 1 is 1.15 bits per heavy atom. The number of aromatic nitrogens is 2. The van der Waals surface area contributed by atoms with E-state index in [0.29, 0.717) is 16.3 Å². The van der Waals surface area contributed by atoms with E-state index < -0.39 is 0 Å². The van der Waals surface area contributed by atoms with Crippen molar-refractivity contribution >= 4 is 56.3 Å². The maximum atomic E-state index is 9.48. The smallest absolute Gasteiger partial charge is 0.151 e. The van der Waals surface area contributed by atoms with Crippen LogP contribution in [-0.4, -0.2) is 15.1 Å². The molecule has 0 aliphatic rings. The van der Waals surface area contributed by atoms with E-state index in [0.717, 1.165) is 21.1 Å². The Morgan fingerprint density at radius 2 is 1.96 bits per heavy atom. The Bertz CT molecular complexity index is 1120. The van der Waals surface area contributed by atoms with Crippen LogP contribution >= 0.6 is 34.4 Å². The number of rotatable bonds is 5. The van der Waals surface area contributed by atoms with Crippen LogP contribution in [0.1, 0.15) is 16.3 Å². The van der Waals surface area contributed by atoms with Crippen molar-refractivity contribution < 1.29 is 5.11 Å². The molecule has 2 aromatic carbocycles. The van der Waals surface area contributed by atoms with Gasteiger partial charge in [0, 0.05) is 11.1 Å². The Kier molecular flexibility index (Phi) is 5.21. The molecule has 0 atom stereocenters. The van der Waals surface area contributed by atoms with E-state index in [1.165, 1.54) is 16.0 Å². The van der Waals surface area contributed by atoms with Gasteiger partial charge in [0.2, 0.25) is 0 Å². The highest BCUT2D eigenvalue weighted by Crippen LogP contribution is 2.32. The molecule has 132 valence electrons. The molecule has 4 nitrogen and oxygen atoms in total. The highest BCUT2D eigenvalue weighted by molar-refractivity contribution is 8.00. The average Bonchev–Trinajstić information content (AvgIpc) is 3.32. The number of hydrogen-bond acceptors (Lipinski definition) is 7. The van der Waals surface area contributed by atoms with Crippen LogP contribution < -0.4 is 0 Å². The molecule has 2 heterocycles. The highest BCUT2D eigenvalue weighted by atomic mass is 32.2. The van der Waals surface area contributed by atoms with Gasteiger partial charge in [-0.2, -0.15) is 5.26 Å². The maximum absolute atomic E-state index is 9.48. The summed E-state index contributed by atoms with van der Waals surface area (Å²) in [6.07, 6.45) is 1.78. The van der Waals surface area contributed by atoms with E-state index in [-0.39, 0.29) is 5.75 Å². The summed E-state index contributed by atoms with van der Waals surface area (Å²) in [6, 6.07) is 17.1. The van der Waals surface area contributed by atoms with Crippen LogP contribution in [-0.2, 0) is 5.75 Å². The van der Waals surface area contributed by atoms with Crippen molar-refractivity contribution in [1.82, 2.24) is 9.97 Å². The summed E-state index contributed by atoms with van der Waals surface area (Å²) in [5.41, 5.74) is 3.32. The molecule has 0 spiro atoms. The second kappa shape index (κ2) is 7.92. The zero-order chi connectivity index (χ0) is 18.6. The lowest BCUT2D eigenvalue weighted by Gasteiger charge is -1.96. The Morgan fingerprint density at radius 3 is 2.74 bits per heavy atom. The van der Waals surface area contributed by atoms with Crippen molar-refractivity contribution in [2.75, 3.05) is 0 Å². The second-order valence-electron chi connectivity index (χ2n) is 5.64. The fourth-order valence-electron chi connectivity index (χ4n) is 2.42. The van der Waals surface area contributed by atoms with Crippen molar-refractivity contribution in [3.63, 3.8) is 0 Å². The topological polar surface area (TPSA) is 69.8 Å². The van der Waals surface area contributed by atoms with Gasteiger partial charge in [0.1, 0.15) is 16.8 Å². The summed E-state index contributed by atoms with van der Waals surface area (Å²) >= 11 is 4.80. The first-order valence-corrected chi connectivity index (χ1v) is 10.7. The first-order chi connectivity index (χ1) is 13.2. The van der Waals surface area contributed by atoms with Crippen molar-refractivity contribution in [3.8, 4) is 11.8 Å². The average molecular weight is 408 g/mol. The Hall–Kier alpha value is -2.66. The second-order valence-corrected chi connectivity index (χ2v) is 8.75. The van der Waals surface area contributed by atoms with Gasteiger partial charge in [-0.3, -0.25) is 0 Å². The van der Waals surface area contributed by atoms with E-state index in [2.05, 4.69) is 22.1 Å². The van der Waals surface area contributed by atoms with E-state index in [1.54, 1.807) is 53.4 Å². The minimum atomic E-state index is 0.203. The number of phenolic OH excluding ortho intramolecular Hbond substituents is 1. The summed E-state index contributed by atoms with van der Waals surface area (Å²) in [4.78, 5) is 9.22. The number of fused-ring (bicyclic) bond motifs is 1. The molecule has 0 unspecified atom stereocenters. The predicted molar refractivity (Wildman–Crippen MR) is 113 cm³/mol. The van der Waals surface area contributed by atoms with Gasteiger partial charge in [-0.1, -0.05) is 36.0 Å². The lowest BCUT2D eigenvalue weighted by Crippen LogP contribution is -1.84. The molecule has 1 N–H and O–H groups in total. The van der Waals surface area contributed by atoms with Crippen LogP contribution in [0.4, 0.5) is 0 Å². The minimum absolute atomic E-state index is 0.203. The molecule has 2 aromatic heterocycles. The number of allylic oxidation sites excluding steroid dienone is 1. The van der Waals surface area contributed by atoms with Gasteiger partial charge in [0.15, 0.2) is 4.34 Å². The number of aromatic hydroxyl groups is 1. The number of hydrogen-bond donors (Lipinski definition) is 1. The summed E-state index contributed by atoms with van der Waals surface area (Å²) < 4.78 is 2.20. The molecular weight excluding hydrogens is 394 g/mol. The van der Waals surface area contributed by atoms with Gasteiger partial charge < -0.3 is 5.11 Å². The first kappa shape index (κ1) is 17.7. The van der Waals surface area contributed by atoms with E-state index in [4.69, 9.17) is 0 Å². The van der Waals surface area contributed by atoms with Gasteiger partial charge >= 0.3 is 0 Å². The normalized spacial score (nSPS) is 11.6. The van der Waals surface area contributed by atoms with Gasteiger partial charge in [-0.05, 0) is 35.9 Å². The van der Waals surface area contributed by atoms with Gasteiger partial charge in [0.25, 0.3) is 0 Å². The lowest BCUT2D eigenvalue weighted by molar-refractivity contribution is 0.475. The van der Waals surface area contributed by atoms with Crippen molar-refractivity contribution in [1.29, 1.82) is 5.26 Å². The van der Waals surface area contributed by atoms with Crippen LogP contribution in [0, 0.1) is 11.3 Å². The molecule has 7 heteroatoms. The van der Waals surface area contributed by atoms with Crippen molar-refractivity contribution in [3.05, 3.63) is 70.2 Å². The van der Waals surface area contributed by atoms with Crippen molar-refractivity contribution in [2.24, 2.45) is 0 Å². The third-order valence-electron chi connectivity index (χ3n) is 3.72. The molecule has 27 heavy (non-hydrogen) atoms. The van der Waals surface area contributed by atoms with E-state index in [1.807, 2.05) is 23.6 Å². The van der Waals surface area contributed by atoms with E-state index >= 15 is 0 Å². The standard InChI is InChI=1S/C20H13N3OS3/c21-10-14(9-13-5-7-16(24)8-6-13)19-22-15(11-25-19)12-26-20-23-17-3-1-2-4-18(17)27-20/h1-9,11,24H,12H2/b14-9+. The molecule has 0 radical (unpaired) electrons. The summed E-state index contributed by atoms with van der Waals surface area (Å²) in [6.45, 7) is 0. The zero-order valence-electron chi connectivity index (χ0n) is 14.0. The van der Waals surface area contributed by atoms with Crippen LogP contribution in [0.25, 0.3) is 21.9 Å². The SMILES string of the molecule is N#C/C(=C\c1ccc(O)cc1)c1nc(CSc2nc3ccccc3s2)cs1. The Labute approximate surface area is 168 Å². The van der Waals surface area contributed by atoms with Crippen LogP contribution in [0.5, 0.6) is 5.75 Å². The number of para-hydroxylation sites is 1.